The number of nitrogens with two attached hydrogens (primary N) is 1. The number of hydrogen-bond donors (Lipinski definition) is 4. The first-order valence-corrected chi connectivity index (χ1v) is 10.7. The highest BCUT2D eigenvalue weighted by atomic mass is 16.5. The molecule has 0 heterocycles. The van der Waals surface area contributed by atoms with Gasteiger partial charge in [0.1, 0.15) is 5.75 Å². The van der Waals surface area contributed by atoms with Crippen LogP contribution in [0, 0.1) is 17.8 Å². The molecule has 1 unspecified atom stereocenters. The molecular formula is C23H30N2O8. The number of likely N-dealkylation sites (N-methyl/N-ethyl adjacent to an activating group) is 1. The van der Waals surface area contributed by atoms with Crippen molar-refractivity contribution in [3.8, 4) is 5.75 Å². The summed E-state index contributed by atoms with van der Waals surface area (Å²) in [6.07, 6.45) is -0.573. The summed E-state index contributed by atoms with van der Waals surface area (Å²) in [5.41, 5.74) is 3.71. The van der Waals surface area contributed by atoms with Crippen LogP contribution >= 0.6 is 0 Å². The molecule has 1 fully saturated rings. The van der Waals surface area contributed by atoms with Crippen molar-refractivity contribution in [1.29, 1.82) is 0 Å². The number of aliphatic hydroxyl groups is 2. The molecule has 1 saturated carbocycles. The Morgan fingerprint density at radius 2 is 1.97 bits per heavy atom. The van der Waals surface area contributed by atoms with Gasteiger partial charge in [0, 0.05) is 19.1 Å². The van der Waals surface area contributed by atoms with Crippen LogP contribution < -0.4 is 5.73 Å². The minimum absolute atomic E-state index is 0.0198. The number of hydrogen-bond acceptors (Lipinski definition) is 9. The predicted octanol–water partition coefficient (Wildman–Crippen LogP) is -0.803. The van der Waals surface area contributed by atoms with Crippen LogP contribution in [0.1, 0.15) is 34.3 Å². The Morgan fingerprint density at radius 3 is 2.52 bits per heavy atom. The Balaban J connectivity index is 2.16. The molecule has 5 N–H and O–H groups in total. The molecule has 1 amide bonds. The molecule has 0 bridgehead atoms. The number of carbonyl (C=O) groups is 4. The number of rotatable bonds is 8. The molecule has 3 rings (SSSR count). The molecule has 180 valence electrons. The molecule has 0 saturated heterocycles. The predicted molar refractivity (Wildman–Crippen MR) is 115 cm³/mol. The molecule has 0 aliphatic heterocycles. The van der Waals surface area contributed by atoms with E-state index in [1.165, 1.54) is 13.2 Å². The number of carbonyl (C=O) groups excluding carboxylic acids is 4. The van der Waals surface area contributed by atoms with Crippen molar-refractivity contribution in [2.45, 2.75) is 37.5 Å². The summed E-state index contributed by atoms with van der Waals surface area (Å²) in [7, 11) is 4.76. The summed E-state index contributed by atoms with van der Waals surface area (Å²) in [6.45, 7) is -0.266. The first-order valence-electron chi connectivity index (χ1n) is 10.7. The number of nitrogens with zero attached hydrogens (tertiary/aromatic N) is 1. The van der Waals surface area contributed by atoms with Gasteiger partial charge in [-0.05, 0) is 50.0 Å². The van der Waals surface area contributed by atoms with Gasteiger partial charge in [-0.25, -0.2) is 0 Å². The van der Waals surface area contributed by atoms with Gasteiger partial charge in [0.25, 0.3) is 0 Å². The minimum atomic E-state index is -2.68. The zero-order chi connectivity index (χ0) is 24.7. The van der Waals surface area contributed by atoms with Gasteiger partial charge >= 0.3 is 0 Å². The van der Waals surface area contributed by atoms with Gasteiger partial charge in [-0.15, -0.1) is 0 Å². The molecule has 2 aliphatic rings. The Bertz CT molecular complexity index is 991. The smallest absolute Gasteiger partial charge is 0.225 e. The van der Waals surface area contributed by atoms with Crippen molar-refractivity contribution >= 4 is 23.3 Å². The highest BCUT2D eigenvalue weighted by molar-refractivity contribution is 6.24. The maximum absolute atomic E-state index is 13.6. The summed E-state index contributed by atoms with van der Waals surface area (Å²) in [5.74, 6) is -7.14. The second-order valence-corrected chi connectivity index (χ2v) is 9.09. The van der Waals surface area contributed by atoms with E-state index in [1.807, 2.05) is 0 Å². The van der Waals surface area contributed by atoms with Gasteiger partial charge < -0.3 is 30.7 Å². The molecule has 10 nitrogen and oxygen atoms in total. The fourth-order valence-electron chi connectivity index (χ4n) is 5.42. The van der Waals surface area contributed by atoms with Crippen molar-refractivity contribution in [1.82, 2.24) is 4.90 Å². The molecule has 0 radical (unpaired) electrons. The highest BCUT2D eigenvalue weighted by Gasteiger charge is 2.62. The number of ketones is 3. The van der Waals surface area contributed by atoms with E-state index in [0.29, 0.717) is 11.1 Å². The first-order chi connectivity index (χ1) is 15.5. The molecule has 0 aromatic heterocycles. The van der Waals surface area contributed by atoms with Gasteiger partial charge in [-0.1, -0.05) is 6.07 Å². The van der Waals surface area contributed by atoms with E-state index in [1.54, 1.807) is 25.1 Å². The van der Waals surface area contributed by atoms with Crippen molar-refractivity contribution in [3.63, 3.8) is 0 Å². The van der Waals surface area contributed by atoms with E-state index in [2.05, 4.69) is 0 Å². The molecule has 5 atom stereocenters. The largest absolute Gasteiger partial charge is 0.507 e. The van der Waals surface area contributed by atoms with Crippen molar-refractivity contribution in [2.75, 3.05) is 27.8 Å². The fourth-order valence-corrected chi connectivity index (χ4v) is 5.42. The lowest BCUT2D eigenvalue weighted by Crippen LogP contribution is -2.67. The zero-order valence-electron chi connectivity index (χ0n) is 18.9. The highest BCUT2D eigenvalue weighted by Crippen LogP contribution is 2.48. The quantitative estimate of drug-likeness (QED) is 0.361. The van der Waals surface area contributed by atoms with Gasteiger partial charge in [-0.3, -0.25) is 19.2 Å². The van der Waals surface area contributed by atoms with Gasteiger partial charge in [-0.2, -0.15) is 0 Å². The molecule has 2 aliphatic carbocycles. The number of Topliss-reactive ketones (excluding diaryl/α,β-unsaturated/α-hetero) is 3. The van der Waals surface area contributed by atoms with E-state index in [-0.39, 0.29) is 30.8 Å². The normalized spacial score (nSPS) is 27.8. The number of aliphatic hydroxyl groups excluding tert-OH is 1. The van der Waals surface area contributed by atoms with Crippen LogP contribution in [-0.4, -0.2) is 82.9 Å². The summed E-state index contributed by atoms with van der Waals surface area (Å²) >= 11 is 0. The topological polar surface area (TPSA) is 167 Å². The van der Waals surface area contributed by atoms with E-state index < -0.39 is 65.7 Å². The third-order valence-electron chi connectivity index (χ3n) is 6.98. The van der Waals surface area contributed by atoms with Crippen molar-refractivity contribution in [3.05, 3.63) is 28.8 Å². The standard InChI is InChI=1S/C23H30N2O8/c1-25(2)15(9-26)14-7-12-6-13-11(10-33-3)4-5-16(27)20(13)21(30)19(12)22(31)23(14,32)17(28)8-18(24)29/h4-5,12,14-15,19,26-27,32H,6-10H2,1-3H3,(H2,24,29)/t12-,14-,15-,19?,23+/m0/s1. The maximum Gasteiger partial charge on any atom is 0.225 e. The molecule has 1 aromatic carbocycles. The van der Waals surface area contributed by atoms with Crippen molar-refractivity contribution < 1.29 is 39.2 Å². The number of fused-ring (bicyclic) bond motifs is 2. The van der Waals surface area contributed by atoms with Gasteiger partial charge in [0.05, 0.1) is 31.1 Å². The summed E-state index contributed by atoms with van der Waals surface area (Å²) < 4.78 is 5.21. The SMILES string of the molecule is COCc1ccc(O)c2c1C[C@H]1C[C@@H]([C@H](CO)N(C)C)[C@@](O)(C(=O)CC(N)=O)C(=O)C1C2=O. The van der Waals surface area contributed by atoms with Crippen LogP contribution in [0.5, 0.6) is 5.75 Å². The van der Waals surface area contributed by atoms with Crippen LogP contribution in [0.3, 0.4) is 0 Å². The molecule has 10 heteroatoms. The second-order valence-electron chi connectivity index (χ2n) is 9.09. The molecule has 33 heavy (non-hydrogen) atoms. The average molecular weight is 462 g/mol. The van der Waals surface area contributed by atoms with Gasteiger partial charge in [0.15, 0.2) is 23.0 Å². The van der Waals surface area contributed by atoms with Crippen LogP contribution in [-0.2, 0) is 32.1 Å². The van der Waals surface area contributed by atoms with Crippen molar-refractivity contribution in [2.24, 2.45) is 23.5 Å². The third kappa shape index (κ3) is 4.08. The molecule has 0 spiro atoms. The fraction of sp³-hybridized carbons (Fsp3) is 0.565. The summed E-state index contributed by atoms with van der Waals surface area (Å²) in [5, 5.41) is 31.9. The van der Waals surface area contributed by atoms with Crippen LogP contribution in [0.15, 0.2) is 12.1 Å². The molecule has 1 aromatic rings. The van der Waals surface area contributed by atoms with Crippen LogP contribution in [0.25, 0.3) is 0 Å². The lowest BCUT2D eigenvalue weighted by molar-refractivity contribution is -0.171. The molecular weight excluding hydrogens is 432 g/mol. The van der Waals surface area contributed by atoms with Crippen LogP contribution in [0.4, 0.5) is 0 Å². The number of methoxy groups -OCH3 is 1. The Morgan fingerprint density at radius 1 is 1.30 bits per heavy atom. The first kappa shape index (κ1) is 25.0. The summed E-state index contributed by atoms with van der Waals surface area (Å²) in [4.78, 5) is 53.1. The minimum Gasteiger partial charge on any atom is -0.507 e. The van der Waals surface area contributed by atoms with E-state index >= 15 is 0 Å². The maximum atomic E-state index is 13.6. The number of ether oxygens (including phenoxy) is 1. The van der Waals surface area contributed by atoms with Crippen LogP contribution in [0.2, 0.25) is 0 Å². The number of primary amides is 1. The monoisotopic (exact) mass is 462 g/mol. The summed E-state index contributed by atoms with van der Waals surface area (Å²) in [6, 6.07) is 2.20. The Hall–Kier alpha value is -2.66. The average Bonchev–Trinajstić information content (AvgIpc) is 2.73. The zero-order valence-corrected chi connectivity index (χ0v) is 18.9. The van der Waals surface area contributed by atoms with E-state index in [4.69, 9.17) is 10.5 Å². The van der Waals surface area contributed by atoms with E-state index in [0.717, 1.165) is 0 Å². The third-order valence-corrected chi connectivity index (χ3v) is 6.98. The number of aromatic hydroxyl groups is 1. The number of amides is 1. The lowest BCUT2D eigenvalue weighted by atomic mass is 9.56. The second kappa shape index (κ2) is 9.30. The van der Waals surface area contributed by atoms with Gasteiger partial charge in [0.2, 0.25) is 5.91 Å². The number of benzene rings is 1. The lowest BCUT2D eigenvalue weighted by Gasteiger charge is -2.49. The Kier molecular flexibility index (Phi) is 7.04. The number of phenolic OH excluding ortho intramolecular Hbond substituents is 1. The number of phenols is 1. The van der Waals surface area contributed by atoms with E-state index in [9.17, 15) is 34.5 Å². The Labute approximate surface area is 191 Å².